The fraction of sp³-hybridized carbons (Fsp3) is 0.438. The Kier molecular flexibility index (Phi) is 2.29. The molecule has 0 unspecified atom stereocenters. The van der Waals surface area contributed by atoms with Gasteiger partial charge in [-0.3, -0.25) is 4.90 Å². The number of aromatic nitrogens is 1. The number of hydrogen-bond donors (Lipinski definition) is 2. The van der Waals surface area contributed by atoms with Gasteiger partial charge < -0.3 is 4.98 Å². The number of aromatic amines is 1. The first-order chi connectivity index (χ1) is 10.3. The minimum Gasteiger partial charge on any atom is -0.361 e. The van der Waals surface area contributed by atoms with Gasteiger partial charge in [0.2, 0.25) is 5.72 Å². The van der Waals surface area contributed by atoms with Gasteiger partial charge in [0.25, 0.3) is 0 Å². The summed E-state index contributed by atoms with van der Waals surface area (Å²) in [7, 11) is 0. The van der Waals surface area contributed by atoms with Crippen molar-refractivity contribution >= 4 is 16.7 Å². The summed E-state index contributed by atoms with van der Waals surface area (Å²) in [5.41, 5.74) is 4.97. The Morgan fingerprint density at radius 2 is 2.14 bits per heavy atom. The quantitative estimate of drug-likeness (QED) is 0.839. The number of hydrogen-bond acceptors (Lipinski definition) is 4. The Labute approximate surface area is 122 Å². The van der Waals surface area contributed by atoms with Crippen LogP contribution in [-0.4, -0.2) is 41.1 Å². The molecule has 1 aromatic heterocycles. The topological polar surface area (TPSA) is 52.6 Å². The van der Waals surface area contributed by atoms with Crippen LogP contribution in [-0.2, 0) is 4.84 Å². The molecule has 108 valence electrons. The van der Waals surface area contributed by atoms with Crippen molar-refractivity contribution in [2.45, 2.75) is 18.6 Å². The summed E-state index contributed by atoms with van der Waals surface area (Å²) in [6.07, 6.45) is 4.34. The zero-order valence-corrected chi connectivity index (χ0v) is 11.8. The van der Waals surface area contributed by atoms with Crippen molar-refractivity contribution in [3.05, 3.63) is 36.0 Å². The van der Waals surface area contributed by atoms with Crippen LogP contribution in [0.5, 0.6) is 0 Å². The Balaban J connectivity index is 1.53. The molecule has 2 N–H and O–H groups in total. The molecule has 5 nitrogen and oxygen atoms in total. The maximum atomic E-state index is 5.97. The predicted octanol–water partition coefficient (Wildman–Crippen LogP) is 1.87. The average Bonchev–Trinajstić information content (AvgIpc) is 3.15. The van der Waals surface area contributed by atoms with Crippen molar-refractivity contribution in [1.29, 1.82) is 0 Å². The van der Waals surface area contributed by atoms with Gasteiger partial charge in [0.05, 0.1) is 6.54 Å². The zero-order chi connectivity index (χ0) is 13.9. The van der Waals surface area contributed by atoms with E-state index in [4.69, 9.17) is 9.83 Å². The third-order valence-electron chi connectivity index (χ3n) is 5.13. The van der Waals surface area contributed by atoms with E-state index < -0.39 is 0 Å². The number of rotatable bonds is 1. The Hall–Kier alpha value is -1.85. The van der Waals surface area contributed by atoms with Crippen LogP contribution in [0.15, 0.2) is 35.5 Å². The van der Waals surface area contributed by atoms with E-state index in [0.717, 1.165) is 23.5 Å². The van der Waals surface area contributed by atoms with Gasteiger partial charge in [0, 0.05) is 28.6 Å². The van der Waals surface area contributed by atoms with E-state index in [1.54, 1.807) is 0 Å². The molecule has 21 heavy (non-hydrogen) atoms. The van der Waals surface area contributed by atoms with Crippen LogP contribution >= 0.6 is 0 Å². The zero-order valence-electron chi connectivity index (χ0n) is 11.8. The van der Waals surface area contributed by atoms with Crippen LogP contribution in [0.3, 0.4) is 0 Å². The fourth-order valence-corrected chi connectivity index (χ4v) is 3.93. The number of aliphatic imine (C=N–C) groups is 1. The highest BCUT2D eigenvalue weighted by atomic mass is 16.7. The molecule has 3 fully saturated rings. The highest BCUT2D eigenvalue weighted by molar-refractivity contribution is 6.02. The standard InChI is InChI=1S/C16H18N4O/c1-2-14-11(3-6-17-14)9-12(1)15-18-16(21-19-15)10-20-7-4-13(16)5-8-20/h1-3,6,9,13,17H,4-5,7-8,10H2,(H,18,19)/t16-/m0/s1. The number of piperidine rings is 3. The summed E-state index contributed by atoms with van der Waals surface area (Å²) >= 11 is 0. The summed E-state index contributed by atoms with van der Waals surface area (Å²) in [6.45, 7) is 3.30. The number of nitrogens with zero attached hydrogens (tertiary/aromatic N) is 2. The molecule has 6 rings (SSSR count). The first-order valence-corrected chi connectivity index (χ1v) is 7.66. The molecule has 0 radical (unpaired) electrons. The van der Waals surface area contributed by atoms with Crippen molar-refractivity contribution in [1.82, 2.24) is 15.4 Å². The summed E-state index contributed by atoms with van der Waals surface area (Å²) in [5.74, 6) is 1.41. The first-order valence-electron chi connectivity index (χ1n) is 7.66. The van der Waals surface area contributed by atoms with Crippen LogP contribution in [0.2, 0.25) is 0 Å². The molecule has 1 aromatic carbocycles. The molecule has 0 amide bonds. The van der Waals surface area contributed by atoms with Gasteiger partial charge in [0.1, 0.15) is 0 Å². The molecule has 5 heterocycles. The smallest absolute Gasteiger partial charge is 0.202 e. The van der Waals surface area contributed by atoms with E-state index in [9.17, 15) is 0 Å². The Morgan fingerprint density at radius 3 is 2.95 bits per heavy atom. The first kappa shape index (κ1) is 11.8. The molecular formula is C16H18N4O. The summed E-state index contributed by atoms with van der Waals surface area (Å²) in [4.78, 5) is 16.6. The summed E-state index contributed by atoms with van der Waals surface area (Å²) in [6, 6.07) is 8.42. The lowest BCUT2D eigenvalue weighted by Crippen LogP contribution is -2.58. The minimum atomic E-state index is -0.362. The predicted molar refractivity (Wildman–Crippen MR) is 81.0 cm³/mol. The number of hydroxylamine groups is 1. The van der Waals surface area contributed by atoms with Crippen molar-refractivity contribution in [2.75, 3.05) is 19.6 Å². The lowest BCUT2D eigenvalue weighted by molar-refractivity contribution is -0.155. The van der Waals surface area contributed by atoms with E-state index >= 15 is 0 Å². The highest BCUT2D eigenvalue weighted by Gasteiger charge is 2.51. The van der Waals surface area contributed by atoms with Gasteiger partial charge >= 0.3 is 0 Å². The van der Waals surface area contributed by atoms with Crippen molar-refractivity contribution in [3.8, 4) is 0 Å². The molecule has 1 atom stereocenters. The van der Waals surface area contributed by atoms with Crippen LogP contribution in [0, 0.1) is 5.92 Å². The molecule has 5 heteroatoms. The Morgan fingerprint density at radius 1 is 1.24 bits per heavy atom. The number of amidine groups is 1. The van der Waals surface area contributed by atoms with Crippen molar-refractivity contribution in [2.24, 2.45) is 10.9 Å². The van der Waals surface area contributed by atoms with Crippen molar-refractivity contribution in [3.63, 3.8) is 0 Å². The third kappa shape index (κ3) is 1.68. The molecule has 4 aliphatic heterocycles. The van der Waals surface area contributed by atoms with E-state index in [1.165, 1.54) is 31.3 Å². The largest absolute Gasteiger partial charge is 0.361 e. The molecule has 3 saturated heterocycles. The summed E-state index contributed by atoms with van der Waals surface area (Å²) in [5, 5.41) is 1.20. The monoisotopic (exact) mass is 282 g/mol. The Bertz CT molecular complexity index is 729. The molecule has 1 spiro atoms. The number of nitrogens with one attached hydrogen (secondary N) is 2. The molecule has 0 aliphatic carbocycles. The number of fused-ring (bicyclic) bond motifs is 3. The van der Waals surface area contributed by atoms with E-state index in [0.29, 0.717) is 5.92 Å². The maximum absolute atomic E-state index is 5.97. The molecule has 4 aliphatic rings. The van der Waals surface area contributed by atoms with Gasteiger partial charge in [0.15, 0.2) is 5.84 Å². The second kappa shape index (κ2) is 4.08. The minimum absolute atomic E-state index is 0.362. The van der Waals surface area contributed by atoms with E-state index in [1.807, 2.05) is 6.20 Å². The van der Waals surface area contributed by atoms with E-state index in [2.05, 4.69) is 39.6 Å². The second-order valence-electron chi connectivity index (χ2n) is 6.34. The van der Waals surface area contributed by atoms with Gasteiger partial charge in [-0.05, 0) is 50.2 Å². The number of benzene rings is 1. The number of H-pyrrole nitrogens is 1. The van der Waals surface area contributed by atoms with Crippen LogP contribution < -0.4 is 5.48 Å². The van der Waals surface area contributed by atoms with E-state index in [-0.39, 0.29) is 5.72 Å². The molecule has 0 saturated carbocycles. The fourth-order valence-electron chi connectivity index (χ4n) is 3.93. The normalized spacial score (nSPS) is 34.4. The third-order valence-corrected chi connectivity index (χ3v) is 5.13. The highest BCUT2D eigenvalue weighted by Crippen LogP contribution is 2.40. The maximum Gasteiger partial charge on any atom is 0.202 e. The van der Waals surface area contributed by atoms with Crippen LogP contribution in [0.4, 0.5) is 0 Å². The lowest BCUT2D eigenvalue weighted by Gasteiger charge is -2.47. The molecular weight excluding hydrogens is 264 g/mol. The average molecular weight is 282 g/mol. The summed E-state index contributed by atoms with van der Waals surface area (Å²) < 4.78 is 0. The second-order valence-corrected chi connectivity index (χ2v) is 6.34. The molecule has 2 bridgehead atoms. The van der Waals surface area contributed by atoms with Gasteiger partial charge in [-0.15, -0.1) is 0 Å². The van der Waals surface area contributed by atoms with Gasteiger partial charge in [-0.1, -0.05) is 0 Å². The van der Waals surface area contributed by atoms with Gasteiger partial charge in [-0.2, -0.15) is 0 Å². The lowest BCUT2D eigenvalue weighted by atomic mass is 9.81. The van der Waals surface area contributed by atoms with Crippen LogP contribution in [0.25, 0.3) is 10.9 Å². The van der Waals surface area contributed by atoms with Crippen molar-refractivity contribution < 1.29 is 4.84 Å². The van der Waals surface area contributed by atoms with Gasteiger partial charge in [-0.25, -0.2) is 15.3 Å². The SMILES string of the molecule is c1cc2cc(C3=N[C@@]4(CN5CCC4CC5)ON3)ccc2[nH]1. The molecule has 2 aromatic rings. The van der Waals surface area contributed by atoms with Crippen LogP contribution in [0.1, 0.15) is 18.4 Å².